The first-order valence-electron chi connectivity index (χ1n) is 37.5. The van der Waals surface area contributed by atoms with Crippen LogP contribution in [0.5, 0.6) is 11.5 Å². The zero-order valence-electron chi connectivity index (χ0n) is 68.1. The third-order valence-corrected chi connectivity index (χ3v) is 18.7. The van der Waals surface area contributed by atoms with Gasteiger partial charge in [0.2, 0.25) is 0 Å². The first-order chi connectivity index (χ1) is 48.8. The van der Waals surface area contributed by atoms with E-state index < -0.39 is 179 Å². The molecule has 5 nitrogen and oxygen atoms in total. The summed E-state index contributed by atoms with van der Waals surface area (Å²) in [6.45, 7) is 9.13. The molecule has 0 fully saturated rings. The number of benzene rings is 10. The van der Waals surface area contributed by atoms with Gasteiger partial charge in [-0.3, -0.25) is 4.57 Å². The number of pyridine rings is 1. The number of aromatic nitrogens is 4. The van der Waals surface area contributed by atoms with Crippen molar-refractivity contribution in [2.24, 2.45) is 0 Å². The Balaban J connectivity index is 0.0000104. The van der Waals surface area contributed by atoms with Crippen LogP contribution in [0.15, 0.2) is 248 Å². The van der Waals surface area contributed by atoms with E-state index in [-0.39, 0.29) is 60.1 Å². The summed E-state index contributed by atoms with van der Waals surface area (Å²) in [5.41, 5.74) is 2.02. The summed E-state index contributed by atoms with van der Waals surface area (Å²) < 4.78 is 229. The van der Waals surface area contributed by atoms with Crippen LogP contribution in [0.2, 0.25) is 0 Å². The van der Waals surface area contributed by atoms with E-state index in [1.807, 2.05) is 71.3 Å². The maximum atomic E-state index is 10.1. The fourth-order valence-corrected chi connectivity index (χ4v) is 14.6. The Hall–Kier alpha value is -8.67. The molecule has 0 aliphatic heterocycles. The van der Waals surface area contributed by atoms with E-state index >= 15 is 0 Å². The van der Waals surface area contributed by atoms with E-state index in [0.29, 0.717) is 22.5 Å². The van der Waals surface area contributed by atoms with E-state index in [9.17, 15) is 23.3 Å². The van der Waals surface area contributed by atoms with Crippen molar-refractivity contribution in [3.05, 3.63) is 284 Å². The first kappa shape index (κ1) is 33.3. The SMILES string of the molecule is [2H]c1c([2H])c([2H])c(-c2cc(C([2H])([2H])[2H])cc([Si](c3c([2H])c([2H])c([2H])c([2H])c3[2H])(c3c([2H])c([2H])c([2H])c([2H])c3[2H])c3c([2H])c([2H])c([2H])c([2H])c3[2H])c2-[n+]2[c-]n(-c3[c-]c(Oc4[c-]c5c(cc4)c4ccccc4n5-c4cc(C(C)(C)C)ccn4)ccc3)c3cc(-c4ccc(C(C)(C)C)cc4)ccc32)c([2H])c1[2H].[Pt]. The summed E-state index contributed by atoms with van der Waals surface area (Å²) in [5.74, 6) is 0.997. The van der Waals surface area contributed by atoms with Crippen LogP contribution in [0.3, 0.4) is 0 Å². The molecule has 0 bridgehead atoms. The van der Waals surface area contributed by atoms with Gasteiger partial charge in [0.15, 0.2) is 8.07 Å². The molecule has 0 aliphatic carbocycles. The Morgan fingerprint density at radius 1 is 0.549 bits per heavy atom. The van der Waals surface area contributed by atoms with Gasteiger partial charge in [-0.2, -0.15) is 18.2 Å². The predicted octanol–water partition coefficient (Wildman–Crippen LogP) is 15.2. The van der Waals surface area contributed by atoms with Crippen molar-refractivity contribution in [2.75, 3.05) is 0 Å². The van der Waals surface area contributed by atoms with Crippen molar-refractivity contribution in [2.45, 2.75) is 59.2 Å². The minimum absolute atomic E-state index is 0. The molecule has 82 heavy (non-hydrogen) atoms. The number of ether oxygens (including phenoxy) is 1. The van der Waals surface area contributed by atoms with Crippen molar-refractivity contribution in [3.63, 3.8) is 0 Å². The minimum atomic E-state index is -6.45. The molecule has 0 atom stereocenters. The van der Waals surface area contributed by atoms with Gasteiger partial charge in [0.1, 0.15) is 5.82 Å². The number of fused-ring (bicyclic) bond motifs is 4. The van der Waals surface area contributed by atoms with Crippen LogP contribution in [-0.2, 0) is 31.9 Å². The largest absolute Gasteiger partial charge is 0.510 e. The summed E-state index contributed by atoms with van der Waals surface area (Å²) in [6.07, 6.45) is 5.12. The number of hydrogen-bond acceptors (Lipinski definition) is 2. The third kappa shape index (κ3) is 9.74. The van der Waals surface area contributed by atoms with Crippen molar-refractivity contribution in [1.29, 1.82) is 0 Å². The Morgan fingerprint density at radius 2 is 1.17 bits per heavy atom. The molecular weight excluding hydrogens is 1200 g/mol. The van der Waals surface area contributed by atoms with E-state index in [4.69, 9.17) is 17.9 Å². The van der Waals surface area contributed by atoms with Crippen molar-refractivity contribution in [1.82, 2.24) is 14.1 Å². The number of aryl methyl sites for hydroxylation is 1. The number of hydrogen-bond donors (Lipinski definition) is 0. The Morgan fingerprint density at radius 3 is 1.82 bits per heavy atom. The summed E-state index contributed by atoms with van der Waals surface area (Å²) in [6, 6.07) is 20.6. The van der Waals surface area contributed by atoms with Crippen LogP contribution in [-0.4, -0.2) is 22.2 Å². The molecule has 13 rings (SSSR count). The zero-order valence-corrected chi connectivity index (χ0v) is 48.4. The van der Waals surface area contributed by atoms with Crippen LogP contribution >= 0.6 is 0 Å². The van der Waals surface area contributed by atoms with Gasteiger partial charge in [0.05, 0.1) is 44.1 Å². The second kappa shape index (κ2) is 21.7. The van der Waals surface area contributed by atoms with Gasteiger partial charge in [-0.05, 0) is 107 Å². The van der Waals surface area contributed by atoms with Crippen molar-refractivity contribution in [3.8, 4) is 50.9 Å². The molecule has 10 aromatic carbocycles. The molecule has 13 aromatic rings. The number of nitrogens with zero attached hydrogens (tertiary/aromatic N) is 4. The summed E-state index contributed by atoms with van der Waals surface area (Å²) in [4.78, 5) is 4.82. The molecular formula is C75H62N4OPtSi-2. The third-order valence-electron chi connectivity index (χ3n) is 14.5. The van der Waals surface area contributed by atoms with Crippen LogP contribution in [0, 0.1) is 25.3 Å². The first-order valence-corrected chi connectivity index (χ1v) is 28.0. The second-order valence-electron chi connectivity index (χ2n) is 21.6. The fourth-order valence-electron chi connectivity index (χ4n) is 10.5. The van der Waals surface area contributed by atoms with Crippen LogP contribution in [0.1, 0.15) is 89.8 Å². The topological polar surface area (TPSA) is 35.9 Å². The molecule has 0 aliphatic rings. The molecule has 0 spiro atoms. The molecule has 0 unspecified atom stereocenters. The molecule has 0 saturated carbocycles. The predicted molar refractivity (Wildman–Crippen MR) is 337 cm³/mol. The van der Waals surface area contributed by atoms with Gasteiger partial charge in [-0.1, -0.05) is 240 Å². The average molecular weight is 1280 g/mol. The van der Waals surface area contributed by atoms with Crippen molar-refractivity contribution < 1.29 is 61.9 Å². The molecule has 7 heteroatoms. The normalized spacial score (nSPS) is 16.1. The average Bonchev–Trinajstić information content (AvgIpc) is 0.719. The molecule has 404 valence electrons. The monoisotopic (exact) mass is 1280 g/mol. The zero-order chi connectivity index (χ0) is 75.4. The van der Waals surface area contributed by atoms with E-state index in [1.54, 1.807) is 48.7 Å². The fraction of sp³-hybridized carbons (Fsp3) is 0.120. The molecule has 3 heterocycles. The maximum absolute atomic E-state index is 10.1. The van der Waals surface area contributed by atoms with Gasteiger partial charge in [-0.25, -0.2) is 4.98 Å². The van der Waals surface area contributed by atoms with Gasteiger partial charge >= 0.3 is 0 Å². The summed E-state index contributed by atoms with van der Waals surface area (Å²) in [7, 11) is -6.45. The van der Waals surface area contributed by atoms with Gasteiger partial charge in [-0.15, -0.1) is 29.7 Å². The Kier molecular flexibility index (Phi) is 8.80. The summed E-state index contributed by atoms with van der Waals surface area (Å²) in [5, 5.41) is -1.95. The second-order valence-corrected chi connectivity index (χ2v) is 25.1. The number of para-hydroxylation sites is 1. The van der Waals surface area contributed by atoms with Gasteiger partial charge in [0.25, 0.3) is 6.33 Å². The smallest absolute Gasteiger partial charge is 0.268 e. The van der Waals surface area contributed by atoms with E-state index in [0.717, 1.165) is 39.5 Å². The Labute approximate surface area is 529 Å². The molecule has 3 aromatic heterocycles. The van der Waals surface area contributed by atoms with E-state index in [2.05, 4.69) is 60.0 Å². The number of rotatable bonds is 11. The van der Waals surface area contributed by atoms with E-state index in [1.165, 1.54) is 9.13 Å². The quantitative estimate of drug-likeness (QED) is 0.0560. The molecule has 0 saturated heterocycles. The van der Waals surface area contributed by atoms with Crippen LogP contribution in [0.4, 0.5) is 0 Å². The van der Waals surface area contributed by atoms with Crippen LogP contribution in [0.25, 0.3) is 72.3 Å². The number of imidazole rings is 1. The molecule has 0 N–H and O–H groups in total. The Bertz CT molecular complexity index is 5540. The van der Waals surface area contributed by atoms with Gasteiger partial charge < -0.3 is 13.9 Å². The van der Waals surface area contributed by atoms with Gasteiger partial charge in [0, 0.05) is 48.4 Å². The standard InChI is InChI=1S/C75H62N4OSi.Pt/c1-52-45-66(54-23-12-8-13-24-54)73(71(46-52)81(61-27-14-9-15-28-61,62-29-16-10-17-30-62)63-31-18-11-19-32-63)78-51-77(70-47-55(37-42-68(70)78)53-35-38-56(39-36-53)74(2,3)4)58-25-22-26-59(49-58)80-60-40-41-65-64-33-20-21-34-67(64)79(69(65)50-60)72-48-57(43-44-76-72)75(5,6)7;/h8-48H,1-7H3;/q-2;/i1D3,8D,9D,10D,11D,12D,13D,14D,15D,16D,17D,18D,19D,23D,24D,27D,28D,29D,30D,31D,32D;. The molecule has 0 radical (unpaired) electrons. The molecule has 0 amide bonds. The van der Waals surface area contributed by atoms with Crippen LogP contribution < -0.4 is 30.1 Å². The minimum Gasteiger partial charge on any atom is -0.510 e. The summed E-state index contributed by atoms with van der Waals surface area (Å²) >= 11 is 0. The van der Waals surface area contributed by atoms with Crippen molar-refractivity contribution >= 4 is 61.7 Å². The maximum Gasteiger partial charge on any atom is 0.268 e.